The molecule has 0 unspecified atom stereocenters. The van der Waals surface area contributed by atoms with Crippen LogP contribution in [0.1, 0.15) is 0 Å². The summed E-state index contributed by atoms with van der Waals surface area (Å²) in [5, 5.41) is 0.938. The first-order valence-corrected chi connectivity index (χ1v) is 10.7. The Bertz CT molecular complexity index is 1290. The summed E-state index contributed by atoms with van der Waals surface area (Å²) in [5.74, 6) is 0.590. The molecule has 3 aromatic carbocycles. The minimum Gasteiger partial charge on any atom is -0.495 e. The van der Waals surface area contributed by atoms with Crippen molar-refractivity contribution in [2.45, 2.75) is 5.16 Å². The fourth-order valence-electron chi connectivity index (χ4n) is 3.25. The molecular weight excluding hydrogens is 410 g/mol. The highest BCUT2D eigenvalue weighted by Crippen LogP contribution is 2.27. The van der Waals surface area contributed by atoms with Gasteiger partial charge in [-0.05, 0) is 36.4 Å². The Balaban J connectivity index is 1.74. The van der Waals surface area contributed by atoms with Crippen LogP contribution in [-0.4, -0.2) is 35.4 Å². The number of hydrogen-bond donors (Lipinski definition) is 0. The number of carbonyl (C=O) groups excluding carboxylic acids is 1. The summed E-state index contributed by atoms with van der Waals surface area (Å²) in [4.78, 5) is 32.5. The molecule has 31 heavy (non-hydrogen) atoms. The van der Waals surface area contributed by atoms with Gasteiger partial charge in [-0.3, -0.25) is 14.2 Å². The van der Waals surface area contributed by atoms with Gasteiger partial charge in [-0.2, -0.15) is 0 Å². The Labute approximate surface area is 184 Å². The van der Waals surface area contributed by atoms with Crippen molar-refractivity contribution >= 4 is 34.3 Å². The van der Waals surface area contributed by atoms with Gasteiger partial charge in [-0.15, -0.1) is 0 Å². The Morgan fingerprint density at radius 1 is 1.00 bits per heavy atom. The second kappa shape index (κ2) is 9.06. The van der Waals surface area contributed by atoms with Crippen LogP contribution in [0, 0.1) is 0 Å². The van der Waals surface area contributed by atoms with E-state index in [2.05, 4.69) is 0 Å². The number of aromatic nitrogens is 2. The molecule has 4 aromatic rings. The van der Waals surface area contributed by atoms with Crippen LogP contribution in [0.25, 0.3) is 16.6 Å². The topological polar surface area (TPSA) is 64.4 Å². The van der Waals surface area contributed by atoms with Gasteiger partial charge in [-0.25, -0.2) is 4.98 Å². The number of para-hydroxylation sites is 4. The summed E-state index contributed by atoms with van der Waals surface area (Å²) in [7, 11) is 3.29. The summed E-state index contributed by atoms with van der Waals surface area (Å²) in [6, 6.07) is 23.9. The molecule has 0 saturated carbocycles. The molecular formula is C24H21N3O3S. The van der Waals surface area contributed by atoms with Crippen molar-refractivity contribution in [2.75, 3.05) is 24.8 Å². The molecule has 4 rings (SSSR count). The van der Waals surface area contributed by atoms with Gasteiger partial charge in [0, 0.05) is 12.7 Å². The first kappa shape index (κ1) is 20.7. The van der Waals surface area contributed by atoms with E-state index in [0.717, 1.165) is 5.69 Å². The Kier molecular flexibility index (Phi) is 6.04. The lowest BCUT2D eigenvalue weighted by molar-refractivity contribution is -0.115. The number of anilines is 1. The third-order valence-electron chi connectivity index (χ3n) is 4.91. The van der Waals surface area contributed by atoms with E-state index in [9.17, 15) is 9.59 Å². The summed E-state index contributed by atoms with van der Waals surface area (Å²) in [6.45, 7) is 0. The standard InChI is InChI=1S/C24H21N3O3S/c1-26(17-10-4-3-5-11-17)22(28)16-31-24-25-19-13-7-6-12-18(19)23(29)27(24)20-14-8-9-15-21(20)30-2/h3-15H,16H2,1-2H3. The highest BCUT2D eigenvalue weighted by molar-refractivity contribution is 7.99. The lowest BCUT2D eigenvalue weighted by Gasteiger charge is -2.18. The van der Waals surface area contributed by atoms with Crippen LogP contribution in [0.15, 0.2) is 88.8 Å². The first-order valence-electron chi connectivity index (χ1n) is 9.69. The maximum Gasteiger partial charge on any atom is 0.266 e. The van der Waals surface area contributed by atoms with E-state index >= 15 is 0 Å². The number of thioether (sulfide) groups is 1. The highest BCUT2D eigenvalue weighted by Gasteiger charge is 2.18. The van der Waals surface area contributed by atoms with Gasteiger partial charge in [0.25, 0.3) is 5.56 Å². The van der Waals surface area contributed by atoms with E-state index in [1.54, 1.807) is 43.3 Å². The average molecular weight is 432 g/mol. The SMILES string of the molecule is COc1ccccc1-n1c(SCC(=O)N(C)c2ccccc2)nc2ccccc2c1=O. The predicted molar refractivity (Wildman–Crippen MR) is 124 cm³/mol. The van der Waals surface area contributed by atoms with Crippen molar-refractivity contribution < 1.29 is 9.53 Å². The average Bonchev–Trinajstić information content (AvgIpc) is 2.82. The van der Waals surface area contributed by atoms with Crippen molar-refractivity contribution in [1.29, 1.82) is 0 Å². The molecule has 0 aliphatic heterocycles. The number of amides is 1. The fourth-order valence-corrected chi connectivity index (χ4v) is 4.17. The van der Waals surface area contributed by atoms with Crippen LogP contribution in [0.3, 0.4) is 0 Å². The molecule has 0 fully saturated rings. The summed E-state index contributed by atoms with van der Waals surface area (Å²) < 4.78 is 6.99. The molecule has 0 saturated heterocycles. The van der Waals surface area contributed by atoms with E-state index in [0.29, 0.717) is 27.5 Å². The molecule has 0 bridgehead atoms. The van der Waals surface area contributed by atoms with Gasteiger partial charge in [0.2, 0.25) is 5.91 Å². The fraction of sp³-hybridized carbons (Fsp3) is 0.125. The van der Waals surface area contributed by atoms with Gasteiger partial charge in [-0.1, -0.05) is 54.2 Å². The van der Waals surface area contributed by atoms with E-state index in [-0.39, 0.29) is 17.2 Å². The van der Waals surface area contributed by atoms with Crippen LogP contribution in [0.4, 0.5) is 5.69 Å². The number of rotatable bonds is 6. The molecule has 0 spiro atoms. The monoisotopic (exact) mass is 431 g/mol. The van der Waals surface area contributed by atoms with Gasteiger partial charge < -0.3 is 9.64 Å². The number of ether oxygens (including phenoxy) is 1. The maximum atomic E-state index is 13.4. The quantitative estimate of drug-likeness (QED) is 0.339. The lowest BCUT2D eigenvalue weighted by Crippen LogP contribution is -2.28. The number of nitrogens with zero attached hydrogens (tertiary/aromatic N) is 3. The van der Waals surface area contributed by atoms with Crippen molar-refractivity contribution in [3.8, 4) is 11.4 Å². The highest BCUT2D eigenvalue weighted by atomic mass is 32.2. The predicted octanol–water partition coefficient (Wildman–Crippen LogP) is 4.15. The van der Waals surface area contributed by atoms with Crippen molar-refractivity contribution in [2.24, 2.45) is 0 Å². The second-order valence-corrected chi connectivity index (χ2v) is 7.74. The third-order valence-corrected chi connectivity index (χ3v) is 5.84. The maximum absolute atomic E-state index is 13.4. The molecule has 156 valence electrons. The van der Waals surface area contributed by atoms with Gasteiger partial charge in [0.1, 0.15) is 5.75 Å². The molecule has 1 amide bonds. The Hall–Kier alpha value is -3.58. The van der Waals surface area contributed by atoms with Crippen LogP contribution >= 0.6 is 11.8 Å². The minimum atomic E-state index is -0.207. The molecule has 0 atom stereocenters. The van der Waals surface area contributed by atoms with Crippen LogP contribution < -0.4 is 15.2 Å². The van der Waals surface area contributed by atoms with Crippen LogP contribution in [0.5, 0.6) is 5.75 Å². The van der Waals surface area contributed by atoms with E-state index in [1.807, 2.05) is 54.6 Å². The largest absolute Gasteiger partial charge is 0.495 e. The van der Waals surface area contributed by atoms with E-state index < -0.39 is 0 Å². The molecule has 1 heterocycles. The number of methoxy groups -OCH3 is 1. The minimum absolute atomic E-state index is 0.0924. The smallest absolute Gasteiger partial charge is 0.266 e. The number of hydrogen-bond acceptors (Lipinski definition) is 5. The molecule has 0 radical (unpaired) electrons. The van der Waals surface area contributed by atoms with Crippen molar-refractivity contribution in [1.82, 2.24) is 9.55 Å². The number of benzene rings is 3. The molecule has 1 aromatic heterocycles. The molecule has 6 nitrogen and oxygen atoms in total. The summed E-state index contributed by atoms with van der Waals surface area (Å²) >= 11 is 1.23. The molecule has 7 heteroatoms. The lowest BCUT2D eigenvalue weighted by atomic mass is 10.2. The number of carbonyl (C=O) groups is 1. The van der Waals surface area contributed by atoms with Gasteiger partial charge in [0.05, 0.1) is 29.5 Å². The van der Waals surface area contributed by atoms with Gasteiger partial charge >= 0.3 is 0 Å². The van der Waals surface area contributed by atoms with Crippen LogP contribution in [0.2, 0.25) is 0 Å². The zero-order chi connectivity index (χ0) is 21.8. The van der Waals surface area contributed by atoms with Crippen molar-refractivity contribution in [3.63, 3.8) is 0 Å². The summed E-state index contributed by atoms with van der Waals surface area (Å²) in [5.41, 5.74) is 1.77. The molecule has 0 aliphatic rings. The zero-order valence-corrected chi connectivity index (χ0v) is 18.0. The number of fused-ring (bicyclic) bond motifs is 1. The molecule has 0 N–H and O–H groups in total. The van der Waals surface area contributed by atoms with E-state index in [1.165, 1.54) is 16.3 Å². The van der Waals surface area contributed by atoms with Crippen LogP contribution in [-0.2, 0) is 4.79 Å². The summed E-state index contributed by atoms with van der Waals surface area (Å²) in [6.07, 6.45) is 0. The molecule has 0 aliphatic carbocycles. The third kappa shape index (κ3) is 4.18. The first-order chi connectivity index (χ1) is 15.1. The second-order valence-electron chi connectivity index (χ2n) is 6.80. The Morgan fingerprint density at radius 3 is 2.45 bits per heavy atom. The van der Waals surface area contributed by atoms with Gasteiger partial charge in [0.15, 0.2) is 5.16 Å². The van der Waals surface area contributed by atoms with Crippen molar-refractivity contribution in [3.05, 3.63) is 89.2 Å². The zero-order valence-electron chi connectivity index (χ0n) is 17.2. The van der Waals surface area contributed by atoms with E-state index in [4.69, 9.17) is 9.72 Å². The Morgan fingerprint density at radius 2 is 1.68 bits per heavy atom. The normalized spacial score (nSPS) is 10.8.